The minimum absolute atomic E-state index is 0.240. The zero-order chi connectivity index (χ0) is 22.3. The number of hydrogen-bond donors (Lipinski definition) is 2. The van der Waals surface area contributed by atoms with Gasteiger partial charge in [0.25, 0.3) is 5.91 Å². The van der Waals surface area contributed by atoms with Crippen LogP contribution in [-0.4, -0.2) is 17.6 Å². The van der Waals surface area contributed by atoms with Crippen molar-refractivity contribution in [1.82, 2.24) is 5.32 Å². The molecule has 0 bridgehead atoms. The van der Waals surface area contributed by atoms with Crippen LogP contribution in [0, 0.1) is 0 Å². The second-order valence-electron chi connectivity index (χ2n) is 7.20. The third-order valence-corrected chi connectivity index (χ3v) is 5.74. The van der Waals surface area contributed by atoms with Crippen LogP contribution in [0.5, 0.6) is 5.75 Å². The van der Waals surface area contributed by atoms with Gasteiger partial charge in [-0.2, -0.15) is 0 Å². The van der Waals surface area contributed by atoms with Gasteiger partial charge in [0.05, 0.1) is 11.1 Å². The van der Waals surface area contributed by atoms with Crippen LogP contribution >= 0.6 is 28.1 Å². The minimum Gasteiger partial charge on any atom is -0.492 e. The number of carbonyl (C=O) groups is 1. The van der Waals surface area contributed by atoms with Crippen molar-refractivity contribution in [2.75, 3.05) is 11.9 Å². The van der Waals surface area contributed by atoms with Gasteiger partial charge >= 0.3 is 0 Å². The molecule has 0 aliphatic heterocycles. The molecular formula is C26H21BrN2O2S. The summed E-state index contributed by atoms with van der Waals surface area (Å²) < 4.78 is 6.57. The lowest BCUT2D eigenvalue weighted by Gasteiger charge is -2.12. The Morgan fingerprint density at radius 3 is 2.41 bits per heavy atom. The maximum atomic E-state index is 12.6. The largest absolute Gasteiger partial charge is 0.492 e. The third-order valence-electron chi connectivity index (χ3n) is 4.92. The molecule has 0 heterocycles. The van der Waals surface area contributed by atoms with Gasteiger partial charge in [0.15, 0.2) is 5.11 Å². The van der Waals surface area contributed by atoms with Crippen molar-refractivity contribution in [3.63, 3.8) is 0 Å². The predicted octanol–water partition coefficient (Wildman–Crippen LogP) is 6.35. The van der Waals surface area contributed by atoms with E-state index in [4.69, 9.17) is 17.0 Å². The molecule has 0 spiro atoms. The molecule has 2 N–H and O–H groups in total. The number of rotatable bonds is 6. The van der Waals surface area contributed by atoms with E-state index in [1.54, 1.807) is 18.2 Å². The van der Waals surface area contributed by atoms with Crippen LogP contribution < -0.4 is 15.4 Å². The number of hydrogen-bond acceptors (Lipinski definition) is 3. The van der Waals surface area contributed by atoms with Gasteiger partial charge in [-0.15, -0.1) is 0 Å². The normalized spacial score (nSPS) is 10.5. The van der Waals surface area contributed by atoms with Crippen molar-refractivity contribution in [2.24, 2.45) is 0 Å². The number of halogens is 1. The third kappa shape index (κ3) is 5.72. The van der Waals surface area contributed by atoms with E-state index in [1.807, 2.05) is 60.7 Å². The predicted molar refractivity (Wildman–Crippen MR) is 137 cm³/mol. The first-order valence-corrected chi connectivity index (χ1v) is 11.4. The average Bonchev–Trinajstić information content (AvgIpc) is 2.80. The summed E-state index contributed by atoms with van der Waals surface area (Å²) >= 11 is 8.81. The molecule has 0 aromatic heterocycles. The second kappa shape index (κ2) is 10.4. The van der Waals surface area contributed by atoms with Gasteiger partial charge in [-0.3, -0.25) is 10.1 Å². The molecular weight excluding hydrogens is 484 g/mol. The number of anilines is 1. The standard InChI is InChI=1S/C26H21BrN2O2S/c27-23-17-21(11-13-24(23)31-15-14-18-6-2-1-3-7-18)25(30)29-26(32)28-22-12-10-19-8-4-5-9-20(19)16-22/h1-13,16-17H,14-15H2,(H2,28,29,30,32). The molecule has 0 aliphatic carbocycles. The Balaban J connectivity index is 1.33. The lowest BCUT2D eigenvalue weighted by molar-refractivity contribution is 0.0977. The summed E-state index contributed by atoms with van der Waals surface area (Å²) in [6, 6.07) is 29.4. The number of benzene rings is 4. The van der Waals surface area contributed by atoms with Crippen LogP contribution in [0.2, 0.25) is 0 Å². The zero-order valence-corrected chi connectivity index (χ0v) is 19.6. The summed E-state index contributed by atoms with van der Waals surface area (Å²) in [7, 11) is 0. The van der Waals surface area contributed by atoms with Gasteiger partial charge in [-0.25, -0.2) is 0 Å². The topological polar surface area (TPSA) is 50.4 Å². The highest BCUT2D eigenvalue weighted by molar-refractivity contribution is 9.10. The molecule has 4 aromatic carbocycles. The number of amides is 1. The van der Waals surface area contributed by atoms with Crippen LogP contribution in [0.1, 0.15) is 15.9 Å². The van der Waals surface area contributed by atoms with E-state index in [0.717, 1.165) is 22.9 Å². The molecule has 0 fully saturated rings. The Morgan fingerprint density at radius 1 is 0.875 bits per heavy atom. The monoisotopic (exact) mass is 504 g/mol. The Kier molecular flexibility index (Phi) is 7.14. The SMILES string of the molecule is O=C(NC(=S)Nc1ccc2ccccc2c1)c1ccc(OCCc2ccccc2)c(Br)c1. The molecule has 0 saturated carbocycles. The fourth-order valence-corrected chi connectivity index (χ4v) is 3.99. The minimum atomic E-state index is -0.292. The van der Waals surface area contributed by atoms with Crippen molar-refractivity contribution < 1.29 is 9.53 Å². The van der Waals surface area contributed by atoms with E-state index in [0.29, 0.717) is 22.4 Å². The summed E-state index contributed by atoms with van der Waals surface area (Å²) in [5, 5.41) is 8.27. The molecule has 0 radical (unpaired) electrons. The van der Waals surface area contributed by atoms with E-state index in [-0.39, 0.29) is 11.0 Å². The molecule has 160 valence electrons. The van der Waals surface area contributed by atoms with Gasteiger partial charge in [-0.1, -0.05) is 60.7 Å². The summed E-state index contributed by atoms with van der Waals surface area (Å²) in [5.41, 5.74) is 2.51. The van der Waals surface area contributed by atoms with Crippen molar-refractivity contribution >= 4 is 55.6 Å². The van der Waals surface area contributed by atoms with E-state index in [1.165, 1.54) is 5.56 Å². The number of fused-ring (bicyclic) bond motifs is 1. The molecule has 0 atom stereocenters. The van der Waals surface area contributed by atoms with Gasteiger partial charge in [0, 0.05) is 17.7 Å². The highest BCUT2D eigenvalue weighted by Gasteiger charge is 2.11. The molecule has 0 aliphatic rings. The first kappa shape index (κ1) is 22.0. The van der Waals surface area contributed by atoms with E-state index in [2.05, 4.69) is 38.7 Å². The van der Waals surface area contributed by atoms with Gasteiger partial charge < -0.3 is 10.1 Å². The molecule has 1 amide bonds. The fraction of sp³-hybridized carbons (Fsp3) is 0.0769. The Morgan fingerprint density at radius 2 is 1.62 bits per heavy atom. The van der Waals surface area contributed by atoms with Crippen molar-refractivity contribution in [3.8, 4) is 5.75 Å². The van der Waals surface area contributed by atoms with Crippen molar-refractivity contribution in [1.29, 1.82) is 0 Å². The number of thiocarbonyl (C=S) groups is 1. The maximum Gasteiger partial charge on any atom is 0.257 e. The quantitative estimate of drug-likeness (QED) is 0.300. The number of ether oxygens (including phenoxy) is 1. The second-order valence-corrected chi connectivity index (χ2v) is 8.46. The van der Waals surface area contributed by atoms with E-state index in [9.17, 15) is 4.79 Å². The number of nitrogens with one attached hydrogen (secondary N) is 2. The summed E-state index contributed by atoms with van der Waals surface area (Å²) in [4.78, 5) is 12.6. The Labute approximate surface area is 200 Å². The molecule has 0 saturated heterocycles. The van der Waals surface area contributed by atoms with Crippen molar-refractivity contribution in [2.45, 2.75) is 6.42 Å². The lowest BCUT2D eigenvalue weighted by Crippen LogP contribution is -2.34. The molecule has 4 nitrogen and oxygen atoms in total. The molecule has 0 unspecified atom stereocenters. The van der Waals surface area contributed by atoms with Crippen LogP contribution in [0.3, 0.4) is 0 Å². The van der Waals surface area contributed by atoms with Crippen LogP contribution in [0.25, 0.3) is 10.8 Å². The van der Waals surface area contributed by atoms with E-state index >= 15 is 0 Å². The first-order chi connectivity index (χ1) is 15.6. The summed E-state index contributed by atoms with van der Waals surface area (Å²) in [6.07, 6.45) is 0.810. The Hall–Kier alpha value is -3.22. The summed E-state index contributed by atoms with van der Waals surface area (Å²) in [5.74, 6) is 0.397. The van der Waals surface area contributed by atoms with Gasteiger partial charge in [-0.05, 0) is 74.8 Å². The molecule has 4 aromatic rings. The smallest absolute Gasteiger partial charge is 0.257 e. The molecule has 32 heavy (non-hydrogen) atoms. The van der Waals surface area contributed by atoms with Crippen LogP contribution in [-0.2, 0) is 6.42 Å². The van der Waals surface area contributed by atoms with E-state index < -0.39 is 0 Å². The summed E-state index contributed by atoms with van der Waals surface area (Å²) in [6.45, 7) is 0.550. The van der Waals surface area contributed by atoms with Crippen LogP contribution in [0.15, 0.2) is 95.5 Å². The number of carbonyl (C=O) groups excluding carboxylic acids is 1. The first-order valence-electron chi connectivity index (χ1n) is 10.2. The average molecular weight is 505 g/mol. The highest BCUT2D eigenvalue weighted by Crippen LogP contribution is 2.26. The van der Waals surface area contributed by atoms with Gasteiger partial charge in [0.2, 0.25) is 0 Å². The fourth-order valence-electron chi connectivity index (χ4n) is 3.29. The molecule has 4 rings (SSSR count). The van der Waals surface area contributed by atoms with Crippen molar-refractivity contribution in [3.05, 3.63) is 107 Å². The highest BCUT2D eigenvalue weighted by atomic mass is 79.9. The van der Waals surface area contributed by atoms with Crippen LogP contribution in [0.4, 0.5) is 5.69 Å². The maximum absolute atomic E-state index is 12.6. The zero-order valence-electron chi connectivity index (χ0n) is 17.2. The van der Waals surface area contributed by atoms with Gasteiger partial charge in [0.1, 0.15) is 5.75 Å². The Bertz CT molecular complexity index is 1260. The molecule has 6 heteroatoms. The lowest BCUT2D eigenvalue weighted by atomic mass is 10.1.